The average Bonchev–Trinajstić information content (AvgIpc) is 3.14. The van der Waals surface area contributed by atoms with Crippen LogP contribution in [0, 0.1) is 5.82 Å². The van der Waals surface area contributed by atoms with Gasteiger partial charge in [0.25, 0.3) is 0 Å². The maximum absolute atomic E-state index is 12.9. The zero-order valence-electron chi connectivity index (χ0n) is 15.4. The van der Waals surface area contributed by atoms with Crippen molar-refractivity contribution < 1.29 is 27.1 Å². The van der Waals surface area contributed by atoms with E-state index in [4.69, 9.17) is 0 Å². The molecule has 0 saturated heterocycles. The van der Waals surface area contributed by atoms with Crippen LogP contribution in [-0.4, -0.2) is 37.7 Å². The normalized spacial score (nSPS) is 12.4. The van der Waals surface area contributed by atoms with Gasteiger partial charge >= 0.3 is 6.36 Å². The minimum atomic E-state index is -4.78. The van der Waals surface area contributed by atoms with Gasteiger partial charge in [0.15, 0.2) is 0 Å². The first-order valence-corrected chi connectivity index (χ1v) is 9.42. The molecule has 0 radical (unpaired) electrons. The maximum atomic E-state index is 12.9. The zero-order valence-corrected chi connectivity index (χ0v) is 16.2. The molecular weight excluding hydrogens is 426 g/mol. The molecule has 0 fully saturated rings. The second-order valence-corrected chi connectivity index (χ2v) is 7.33. The molecule has 7 nitrogen and oxygen atoms in total. The van der Waals surface area contributed by atoms with Gasteiger partial charge in [-0.3, -0.25) is 4.79 Å². The number of amides is 1. The number of halogens is 4. The summed E-state index contributed by atoms with van der Waals surface area (Å²) in [5.74, 6) is -1.02. The molecular formula is C18H15F4N5O2S. The number of thioether (sulfide) groups is 1. The van der Waals surface area contributed by atoms with Crippen LogP contribution in [0.3, 0.4) is 0 Å². The standard InChI is InChI=1S/C18H15F4N5O2S/c1-11(16(28)23-10-12-2-4-13(19)5-3-12)30-17-24-25-26-27(17)14-6-8-15(9-7-14)29-18(20,21)22/h2-9,11H,10H2,1H3,(H,23,28). The number of hydrogen-bond donors (Lipinski definition) is 1. The van der Waals surface area contributed by atoms with Crippen molar-refractivity contribution in [3.05, 3.63) is 59.9 Å². The van der Waals surface area contributed by atoms with E-state index in [9.17, 15) is 22.4 Å². The molecule has 1 unspecified atom stereocenters. The smallest absolute Gasteiger partial charge is 0.406 e. The summed E-state index contributed by atoms with van der Waals surface area (Å²) in [7, 11) is 0. The Labute approximate surface area is 172 Å². The summed E-state index contributed by atoms with van der Waals surface area (Å²) in [5.41, 5.74) is 1.14. The van der Waals surface area contributed by atoms with Crippen molar-refractivity contribution in [2.45, 2.75) is 30.2 Å². The summed E-state index contributed by atoms with van der Waals surface area (Å²) in [6.07, 6.45) is -4.78. The number of tetrazole rings is 1. The maximum Gasteiger partial charge on any atom is 0.573 e. The Morgan fingerprint density at radius 2 is 1.83 bits per heavy atom. The highest BCUT2D eigenvalue weighted by Gasteiger charge is 2.31. The Kier molecular flexibility index (Phi) is 6.55. The lowest BCUT2D eigenvalue weighted by atomic mass is 10.2. The Morgan fingerprint density at radius 3 is 2.47 bits per heavy atom. The van der Waals surface area contributed by atoms with Gasteiger partial charge in [-0.25, -0.2) is 4.39 Å². The van der Waals surface area contributed by atoms with Crippen LogP contribution in [0.15, 0.2) is 53.7 Å². The van der Waals surface area contributed by atoms with Gasteiger partial charge in [-0.05, 0) is 59.3 Å². The molecule has 1 aromatic heterocycles. The molecule has 1 amide bonds. The topological polar surface area (TPSA) is 81.9 Å². The molecule has 0 aliphatic carbocycles. The van der Waals surface area contributed by atoms with Crippen molar-refractivity contribution in [3.8, 4) is 11.4 Å². The Balaban J connectivity index is 1.61. The van der Waals surface area contributed by atoms with Crippen LogP contribution in [0.2, 0.25) is 0 Å². The van der Waals surface area contributed by atoms with E-state index in [0.29, 0.717) is 5.69 Å². The van der Waals surface area contributed by atoms with Crippen molar-refractivity contribution in [2.24, 2.45) is 0 Å². The van der Waals surface area contributed by atoms with Crippen LogP contribution in [-0.2, 0) is 11.3 Å². The molecule has 0 saturated carbocycles. The Hall–Kier alpha value is -3.15. The molecule has 0 aliphatic rings. The Morgan fingerprint density at radius 1 is 1.17 bits per heavy atom. The van der Waals surface area contributed by atoms with Crippen molar-refractivity contribution in [1.29, 1.82) is 0 Å². The average molecular weight is 441 g/mol. The van der Waals surface area contributed by atoms with E-state index in [1.54, 1.807) is 19.1 Å². The molecule has 0 aliphatic heterocycles. The van der Waals surface area contributed by atoms with E-state index >= 15 is 0 Å². The minimum Gasteiger partial charge on any atom is -0.406 e. The molecule has 158 valence electrons. The fourth-order valence-corrected chi connectivity index (χ4v) is 3.18. The van der Waals surface area contributed by atoms with Crippen molar-refractivity contribution >= 4 is 17.7 Å². The lowest BCUT2D eigenvalue weighted by Gasteiger charge is -2.12. The van der Waals surface area contributed by atoms with E-state index in [1.165, 1.54) is 28.9 Å². The third-order valence-electron chi connectivity index (χ3n) is 3.79. The SMILES string of the molecule is CC(Sc1nnnn1-c1ccc(OC(F)(F)F)cc1)C(=O)NCc1ccc(F)cc1. The lowest BCUT2D eigenvalue weighted by Crippen LogP contribution is -2.30. The van der Waals surface area contributed by atoms with E-state index in [0.717, 1.165) is 29.5 Å². The van der Waals surface area contributed by atoms with Crippen LogP contribution >= 0.6 is 11.8 Å². The molecule has 0 bridgehead atoms. The zero-order chi connectivity index (χ0) is 21.7. The number of carbonyl (C=O) groups is 1. The van der Waals surface area contributed by atoms with Gasteiger partial charge < -0.3 is 10.1 Å². The highest BCUT2D eigenvalue weighted by atomic mass is 32.2. The Bertz CT molecular complexity index is 993. The largest absolute Gasteiger partial charge is 0.573 e. The molecule has 0 spiro atoms. The highest BCUT2D eigenvalue weighted by molar-refractivity contribution is 8.00. The number of nitrogens with one attached hydrogen (secondary N) is 1. The van der Waals surface area contributed by atoms with Crippen LogP contribution < -0.4 is 10.1 Å². The van der Waals surface area contributed by atoms with Gasteiger partial charge in [-0.15, -0.1) is 18.3 Å². The summed E-state index contributed by atoms with van der Waals surface area (Å²) >= 11 is 1.08. The summed E-state index contributed by atoms with van der Waals surface area (Å²) in [5, 5.41) is 13.7. The third-order valence-corrected chi connectivity index (χ3v) is 4.82. The number of nitrogens with zero attached hydrogens (tertiary/aromatic N) is 4. The summed E-state index contributed by atoms with van der Waals surface area (Å²) in [6.45, 7) is 1.89. The fraction of sp³-hybridized carbons (Fsp3) is 0.222. The number of alkyl halides is 3. The second-order valence-electron chi connectivity index (χ2n) is 6.02. The van der Waals surface area contributed by atoms with Gasteiger partial charge in [0.1, 0.15) is 11.6 Å². The predicted octanol–water partition coefficient (Wildman–Crippen LogP) is 3.50. The van der Waals surface area contributed by atoms with Crippen LogP contribution in [0.1, 0.15) is 12.5 Å². The van der Waals surface area contributed by atoms with Crippen LogP contribution in [0.5, 0.6) is 5.75 Å². The molecule has 1 heterocycles. The molecule has 3 aromatic rings. The van der Waals surface area contributed by atoms with E-state index < -0.39 is 11.6 Å². The van der Waals surface area contributed by atoms with Gasteiger partial charge in [0, 0.05) is 6.54 Å². The molecule has 1 N–H and O–H groups in total. The van der Waals surface area contributed by atoms with Gasteiger partial charge in [-0.1, -0.05) is 23.9 Å². The lowest BCUT2D eigenvalue weighted by molar-refractivity contribution is -0.274. The predicted molar refractivity (Wildman–Crippen MR) is 99.4 cm³/mol. The number of aromatic nitrogens is 4. The quantitative estimate of drug-likeness (QED) is 0.447. The number of hydrogen-bond acceptors (Lipinski definition) is 6. The first kappa shape index (κ1) is 21.6. The second kappa shape index (κ2) is 9.11. The van der Waals surface area contributed by atoms with E-state index in [2.05, 4.69) is 25.6 Å². The molecule has 3 rings (SSSR count). The third kappa shape index (κ3) is 5.92. The molecule has 12 heteroatoms. The fourth-order valence-electron chi connectivity index (χ4n) is 2.35. The molecule has 2 aromatic carbocycles. The first-order chi connectivity index (χ1) is 14.2. The monoisotopic (exact) mass is 441 g/mol. The van der Waals surface area contributed by atoms with E-state index in [-0.39, 0.29) is 29.2 Å². The summed E-state index contributed by atoms with van der Waals surface area (Å²) in [6, 6.07) is 10.7. The first-order valence-electron chi connectivity index (χ1n) is 8.54. The van der Waals surface area contributed by atoms with Crippen molar-refractivity contribution in [1.82, 2.24) is 25.5 Å². The van der Waals surface area contributed by atoms with Crippen LogP contribution in [0.25, 0.3) is 5.69 Å². The number of carbonyl (C=O) groups excluding carboxylic acids is 1. The summed E-state index contributed by atoms with van der Waals surface area (Å²) in [4.78, 5) is 12.3. The number of ether oxygens (including phenoxy) is 1. The minimum absolute atomic E-state index is 0.232. The van der Waals surface area contributed by atoms with Gasteiger partial charge in [-0.2, -0.15) is 4.68 Å². The van der Waals surface area contributed by atoms with Gasteiger partial charge in [0.05, 0.1) is 10.9 Å². The molecule has 30 heavy (non-hydrogen) atoms. The highest BCUT2D eigenvalue weighted by Crippen LogP contribution is 2.26. The summed E-state index contributed by atoms with van der Waals surface area (Å²) < 4.78 is 54.9. The number of benzene rings is 2. The number of rotatable bonds is 7. The molecule has 1 atom stereocenters. The van der Waals surface area contributed by atoms with E-state index in [1.807, 2.05) is 0 Å². The van der Waals surface area contributed by atoms with Crippen LogP contribution in [0.4, 0.5) is 17.6 Å². The van der Waals surface area contributed by atoms with Gasteiger partial charge in [0.2, 0.25) is 11.1 Å². The van der Waals surface area contributed by atoms with Crippen molar-refractivity contribution in [2.75, 3.05) is 0 Å². The van der Waals surface area contributed by atoms with Crippen molar-refractivity contribution in [3.63, 3.8) is 0 Å².